The van der Waals surface area contributed by atoms with Crippen molar-refractivity contribution >= 4 is 11.5 Å². The van der Waals surface area contributed by atoms with Crippen molar-refractivity contribution in [2.75, 3.05) is 6.54 Å². The summed E-state index contributed by atoms with van der Waals surface area (Å²) < 4.78 is 4.15. The molecule has 2 aromatic rings. The highest BCUT2D eigenvalue weighted by Gasteiger charge is 2.22. The minimum absolute atomic E-state index is 0.139. The lowest BCUT2D eigenvalue weighted by atomic mass is 10.0. The van der Waals surface area contributed by atoms with E-state index in [-0.39, 0.29) is 6.04 Å². The first-order chi connectivity index (χ1) is 9.63. The molecule has 0 spiro atoms. The number of pyridine rings is 1. The van der Waals surface area contributed by atoms with Gasteiger partial charge < -0.3 is 5.32 Å². The van der Waals surface area contributed by atoms with Gasteiger partial charge in [-0.25, -0.2) is 0 Å². The number of hydrogen-bond donors (Lipinski definition) is 1. The number of nitrogens with one attached hydrogen (secondary N) is 1. The Morgan fingerprint density at radius 2 is 2.10 bits per heavy atom. The molecule has 1 unspecified atom stereocenters. The van der Waals surface area contributed by atoms with Crippen molar-refractivity contribution in [1.29, 1.82) is 0 Å². The average molecular weight is 290 g/mol. The first-order valence-corrected chi connectivity index (χ1v) is 7.88. The lowest BCUT2D eigenvalue weighted by Gasteiger charge is -2.19. The van der Waals surface area contributed by atoms with Crippen LogP contribution in [0.4, 0.5) is 0 Å². The van der Waals surface area contributed by atoms with Crippen LogP contribution in [0.5, 0.6) is 0 Å². The quantitative estimate of drug-likeness (QED) is 0.885. The fraction of sp³-hybridized carbons (Fsp3) is 0.533. The SMILES string of the molecule is CCCNC(c1ccc(C)nc1)c1snnc1C(C)C. The van der Waals surface area contributed by atoms with E-state index in [1.807, 2.05) is 13.1 Å². The summed E-state index contributed by atoms with van der Waals surface area (Å²) >= 11 is 1.48. The van der Waals surface area contributed by atoms with Crippen LogP contribution in [0, 0.1) is 6.92 Å². The van der Waals surface area contributed by atoms with Crippen LogP contribution < -0.4 is 5.32 Å². The lowest BCUT2D eigenvalue weighted by Crippen LogP contribution is -2.23. The van der Waals surface area contributed by atoms with Crippen LogP contribution in [0.1, 0.15) is 61.0 Å². The highest BCUT2D eigenvalue weighted by molar-refractivity contribution is 7.05. The van der Waals surface area contributed by atoms with Crippen molar-refractivity contribution < 1.29 is 0 Å². The highest BCUT2D eigenvalue weighted by atomic mass is 32.1. The summed E-state index contributed by atoms with van der Waals surface area (Å²) in [4.78, 5) is 5.62. The molecule has 20 heavy (non-hydrogen) atoms. The van der Waals surface area contributed by atoms with Crippen LogP contribution in [0.15, 0.2) is 18.3 Å². The van der Waals surface area contributed by atoms with Gasteiger partial charge in [0, 0.05) is 11.9 Å². The molecule has 0 aliphatic heterocycles. The summed E-state index contributed by atoms with van der Waals surface area (Å²) in [5.41, 5.74) is 3.30. The third kappa shape index (κ3) is 3.41. The number of nitrogens with zero attached hydrogens (tertiary/aromatic N) is 3. The molecule has 0 saturated carbocycles. The molecule has 0 amide bonds. The molecule has 2 rings (SSSR count). The van der Waals surface area contributed by atoms with E-state index in [4.69, 9.17) is 0 Å². The van der Waals surface area contributed by atoms with Gasteiger partial charge in [-0.2, -0.15) is 0 Å². The molecule has 2 heterocycles. The maximum Gasteiger partial charge on any atom is 0.0832 e. The van der Waals surface area contributed by atoms with Gasteiger partial charge in [-0.15, -0.1) is 5.10 Å². The highest BCUT2D eigenvalue weighted by Crippen LogP contribution is 2.30. The third-order valence-corrected chi connectivity index (χ3v) is 4.02. The Hall–Kier alpha value is -1.33. The van der Waals surface area contributed by atoms with Crippen LogP contribution in [-0.4, -0.2) is 21.1 Å². The fourth-order valence-corrected chi connectivity index (χ4v) is 3.02. The van der Waals surface area contributed by atoms with Crippen molar-refractivity contribution in [2.24, 2.45) is 0 Å². The molecule has 0 aromatic carbocycles. The first-order valence-electron chi connectivity index (χ1n) is 7.11. The standard InChI is InChI=1S/C15H22N4S/c1-5-8-16-14(12-7-6-11(4)17-9-12)15-13(10(2)3)18-19-20-15/h6-7,9-10,14,16H,5,8H2,1-4H3. The van der Waals surface area contributed by atoms with E-state index in [0.717, 1.165) is 24.4 Å². The number of aryl methyl sites for hydroxylation is 1. The predicted molar refractivity (Wildman–Crippen MR) is 83.1 cm³/mol. The molecular formula is C15H22N4S. The molecule has 5 heteroatoms. The molecule has 108 valence electrons. The van der Waals surface area contributed by atoms with E-state index in [1.54, 1.807) is 0 Å². The normalized spacial score (nSPS) is 12.8. The second-order valence-corrected chi connectivity index (χ2v) is 6.08. The van der Waals surface area contributed by atoms with Gasteiger partial charge in [-0.1, -0.05) is 31.3 Å². The number of aromatic nitrogens is 3. The summed E-state index contributed by atoms with van der Waals surface area (Å²) in [6, 6.07) is 4.33. The van der Waals surface area contributed by atoms with E-state index in [1.165, 1.54) is 22.0 Å². The summed E-state index contributed by atoms with van der Waals surface area (Å²) in [5, 5.41) is 7.89. The van der Waals surface area contributed by atoms with Crippen LogP contribution in [0.2, 0.25) is 0 Å². The van der Waals surface area contributed by atoms with Gasteiger partial charge in [0.25, 0.3) is 0 Å². The summed E-state index contributed by atoms with van der Waals surface area (Å²) in [6.07, 6.45) is 3.05. The second kappa shape index (κ2) is 6.90. The van der Waals surface area contributed by atoms with Crippen molar-refractivity contribution in [3.8, 4) is 0 Å². The number of hydrogen-bond acceptors (Lipinski definition) is 5. The molecule has 0 aliphatic carbocycles. The predicted octanol–water partition coefficient (Wildman–Crippen LogP) is 3.45. The Kier molecular flexibility index (Phi) is 5.20. The lowest BCUT2D eigenvalue weighted by molar-refractivity contribution is 0.594. The zero-order valence-electron chi connectivity index (χ0n) is 12.6. The molecule has 2 aromatic heterocycles. The van der Waals surface area contributed by atoms with Gasteiger partial charge in [-0.3, -0.25) is 4.98 Å². The first kappa shape index (κ1) is 15.1. The van der Waals surface area contributed by atoms with Crippen molar-refractivity contribution in [2.45, 2.75) is 46.1 Å². The van der Waals surface area contributed by atoms with Crippen LogP contribution in [0.25, 0.3) is 0 Å². The minimum atomic E-state index is 0.139. The van der Waals surface area contributed by atoms with Crippen LogP contribution in [-0.2, 0) is 0 Å². The van der Waals surface area contributed by atoms with Gasteiger partial charge >= 0.3 is 0 Å². The minimum Gasteiger partial charge on any atom is -0.305 e. The van der Waals surface area contributed by atoms with Gasteiger partial charge in [0.2, 0.25) is 0 Å². The average Bonchev–Trinajstić information content (AvgIpc) is 2.90. The van der Waals surface area contributed by atoms with Crippen molar-refractivity contribution in [1.82, 2.24) is 19.9 Å². The van der Waals surface area contributed by atoms with E-state index in [0.29, 0.717) is 5.92 Å². The molecule has 1 atom stereocenters. The molecule has 0 saturated heterocycles. The zero-order valence-corrected chi connectivity index (χ0v) is 13.4. The van der Waals surface area contributed by atoms with E-state index in [2.05, 4.69) is 52.8 Å². The monoisotopic (exact) mass is 290 g/mol. The smallest absolute Gasteiger partial charge is 0.0832 e. The van der Waals surface area contributed by atoms with Crippen LogP contribution in [0.3, 0.4) is 0 Å². The van der Waals surface area contributed by atoms with Gasteiger partial charge in [-0.05, 0) is 49.0 Å². The van der Waals surface area contributed by atoms with Crippen LogP contribution >= 0.6 is 11.5 Å². The zero-order chi connectivity index (χ0) is 14.5. The topological polar surface area (TPSA) is 50.7 Å². The maximum absolute atomic E-state index is 4.42. The van der Waals surface area contributed by atoms with E-state index >= 15 is 0 Å². The third-order valence-electron chi connectivity index (χ3n) is 3.22. The summed E-state index contributed by atoms with van der Waals surface area (Å²) in [7, 11) is 0. The Labute approximate surface area is 124 Å². The maximum atomic E-state index is 4.42. The largest absolute Gasteiger partial charge is 0.305 e. The Morgan fingerprint density at radius 1 is 1.30 bits per heavy atom. The fourth-order valence-electron chi connectivity index (χ4n) is 2.11. The molecule has 0 bridgehead atoms. The molecule has 0 aliphatic rings. The van der Waals surface area contributed by atoms with Gasteiger partial charge in [0.1, 0.15) is 0 Å². The summed E-state index contributed by atoms with van der Waals surface area (Å²) in [5.74, 6) is 0.382. The van der Waals surface area contributed by atoms with E-state index < -0.39 is 0 Å². The summed E-state index contributed by atoms with van der Waals surface area (Å²) in [6.45, 7) is 9.46. The second-order valence-electron chi connectivity index (χ2n) is 5.30. The molecule has 0 fully saturated rings. The Morgan fingerprint density at radius 3 is 2.70 bits per heavy atom. The van der Waals surface area contributed by atoms with Crippen molar-refractivity contribution in [3.05, 3.63) is 40.2 Å². The van der Waals surface area contributed by atoms with Gasteiger partial charge in [0.15, 0.2) is 0 Å². The Balaban J connectivity index is 2.36. The van der Waals surface area contributed by atoms with Crippen molar-refractivity contribution in [3.63, 3.8) is 0 Å². The molecule has 0 radical (unpaired) electrons. The van der Waals surface area contributed by atoms with Gasteiger partial charge in [0.05, 0.1) is 16.6 Å². The molecular weight excluding hydrogens is 268 g/mol. The van der Waals surface area contributed by atoms with E-state index in [9.17, 15) is 0 Å². The Bertz CT molecular complexity index is 533. The molecule has 1 N–H and O–H groups in total. The number of rotatable bonds is 6. The molecule has 4 nitrogen and oxygen atoms in total.